The van der Waals surface area contributed by atoms with Gasteiger partial charge in [-0.3, -0.25) is 4.79 Å². The van der Waals surface area contributed by atoms with Gasteiger partial charge in [-0.25, -0.2) is 9.78 Å². The van der Waals surface area contributed by atoms with Gasteiger partial charge in [0.25, 0.3) is 5.91 Å². The molecule has 0 bridgehead atoms. The number of hydrogen-bond acceptors (Lipinski definition) is 7. The first-order chi connectivity index (χ1) is 17.2. The third-order valence-corrected chi connectivity index (χ3v) is 6.24. The Morgan fingerprint density at radius 1 is 1.28 bits per heavy atom. The third kappa shape index (κ3) is 5.69. The van der Waals surface area contributed by atoms with Crippen molar-refractivity contribution in [2.75, 3.05) is 33.3 Å². The van der Waals surface area contributed by atoms with Gasteiger partial charge in [0.15, 0.2) is 23.0 Å². The van der Waals surface area contributed by atoms with E-state index >= 15 is 0 Å². The highest BCUT2D eigenvalue weighted by molar-refractivity contribution is 5.94. The summed E-state index contributed by atoms with van der Waals surface area (Å²) in [5.74, 6) is 0.422. The van der Waals surface area contributed by atoms with Crippen LogP contribution in [0.25, 0.3) is 11.5 Å². The van der Waals surface area contributed by atoms with Gasteiger partial charge in [-0.15, -0.1) is 0 Å². The van der Waals surface area contributed by atoms with Crippen LogP contribution in [0.5, 0.6) is 11.5 Å². The second kappa shape index (κ2) is 10.7. The first-order valence-electron chi connectivity index (χ1n) is 11.9. The average Bonchev–Trinajstić information content (AvgIpc) is 3.57. The number of carbonyl (C=O) groups is 2. The minimum Gasteiger partial charge on any atom is -0.489 e. The third-order valence-electron chi connectivity index (χ3n) is 6.24. The van der Waals surface area contributed by atoms with Crippen LogP contribution in [0.4, 0.5) is 13.6 Å². The summed E-state index contributed by atoms with van der Waals surface area (Å²) in [6.07, 6.45) is 2.06. The monoisotopic (exact) mass is 507 g/mol. The van der Waals surface area contributed by atoms with E-state index in [1.807, 2.05) is 6.92 Å². The Morgan fingerprint density at radius 3 is 2.64 bits per heavy atom. The zero-order valence-electron chi connectivity index (χ0n) is 20.5. The highest BCUT2D eigenvalue weighted by Crippen LogP contribution is 2.37. The minimum absolute atomic E-state index is 0.0777. The number of nitrogens with one attached hydrogen (secondary N) is 1. The molecule has 0 unspecified atom stereocenters. The second-order valence-corrected chi connectivity index (χ2v) is 9.16. The van der Waals surface area contributed by atoms with Crippen molar-refractivity contribution in [3.63, 3.8) is 0 Å². The zero-order chi connectivity index (χ0) is 26.0. The van der Waals surface area contributed by atoms with Crippen molar-refractivity contribution in [3.8, 4) is 23.0 Å². The number of amides is 3. The summed E-state index contributed by atoms with van der Waals surface area (Å²) in [7, 11) is 1.56. The van der Waals surface area contributed by atoms with Gasteiger partial charge in [0, 0.05) is 38.3 Å². The van der Waals surface area contributed by atoms with E-state index in [0.717, 1.165) is 12.8 Å². The Hall–Kier alpha value is -3.41. The predicted octanol–water partition coefficient (Wildman–Crippen LogP) is 3.24. The number of alkyl halides is 2. The molecule has 12 heteroatoms. The number of rotatable bonds is 8. The van der Waals surface area contributed by atoms with E-state index in [4.69, 9.17) is 14.9 Å². The fraction of sp³-hybridized carbons (Fsp3) is 0.542. The van der Waals surface area contributed by atoms with Crippen LogP contribution in [0, 0.1) is 5.92 Å². The Morgan fingerprint density at radius 2 is 2.03 bits per heavy atom. The predicted molar refractivity (Wildman–Crippen MR) is 126 cm³/mol. The average molecular weight is 508 g/mol. The number of nitrogens with zero attached hydrogens (tertiary/aromatic N) is 3. The van der Waals surface area contributed by atoms with Gasteiger partial charge in [0.2, 0.25) is 5.89 Å². The van der Waals surface area contributed by atoms with Gasteiger partial charge in [0.1, 0.15) is 0 Å². The molecular formula is C24H31F2N5O5. The van der Waals surface area contributed by atoms with E-state index in [2.05, 4.69) is 15.0 Å². The molecule has 1 saturated carbocycles. The molecule has 2 aliphatic rings. The van der Waals surface area contributed by atoms with E-state index in [0.29, 0.717) is 37.7 Å². The van der Waals surface area contributed by atoms with E-state index in [-0.39, 0.29) is 46.8 Å². The topological polar surface area (TPSA) is 123 Å². The summed E-state index contributed by atoms with van der Waals surface area (Å²) in [6, 6.07) is 3.36. The standard InChI is InChI=1S/C24H31F2N5O5/c1-13-11-30(8-9-31(13)24(33)28-3)22(32)19-20(14(2)27)36-21(29-19)16-6-7-17(35-23(25)26)18(10-16)34-12-15-4-5-15/h6-7,10,13-15,23H,4-5,8-9,11-12,27H2,1-3H3,(H,28,33)/t13-,14+/m1/s1. The van der Waals surface area contributed by atoms with Crippen molar-refractivity contribution >= 4 is 11.9 Å². The maximum Gasteiger partial charge on any atom is 0.387 e. The molecular weight excluding hydrogens is 476 g/mol. The zero-order valence-corrected chi connectivity index (χ0v) is 20.5. The van der Waals surface area contributed by atoms with Gasteiger partial charge >= 0.3 is 12.6 Å². The van der Waals surface area contributed by atoms with Gasteiger partial charge < -0.3 is 34.7 Å². The SMILES string of the molecule is CNC(=O)N1CCN(C(=O)c2nc(-c3ccc(OC(F)F)c(OCC4CC4)c3)oc2[C@H](C)N)C[C@H]1C. The lowest BCUT2D eigenvalue weighted by Gasteiger charge is -2.39. The summed E-state index contributed by atoms with van der Waals surface area (Å²) >= 11 is 0. The highest BCUT2D eigenvalue weighted by atomic mass is 19.3. The van der Waals surface area contributed by atoms with Crippen molar-refractivity contribution in [3.05, 3.63) is 29.7 Å². The molecule has 3 amide bonds. The number of benzene rings is 1. The molecule has 1 aromatic heterocycles. The Kier molecular flexibility index (Phi) is 7.62. The van der Waals surface area contributed by atoms with Crippen LogP contribution in [0.2, 0.25) is 0 Å². The number of urea groups is 1. The molecule has 1 aliphatic carbocycles. The molecule has 3 N–H and O–H groups in total. The lowest BCUT2D eigenvalue weighted by atomic mass is 10.1. The second-order valence-electron chi connectivity index (χ2n) is 9.16. The van der Waals surface area contributed by atoms with E-state index in [9.17, 15) is 18.4 Å². The fourth-order valence-electron chi connectivity index (χ4n) is 4.09. The smallest absolute Gasteiger partial charge is 0.387 e. The minimum atomic E-state index is -3.00. The fourth-order valence-corrected chi connectivity index (χ4v) is 4.09. The normalized spacial score (nSPS) is 18.8. The van der Waals surface area contributed by atoms with Gasteiger partial charge in [0.05, 0.1) is 12.6 Å². The van der Waals surface area contributed by atoms with Crippen LogP contribution in [-0.2, 0) is 0 Å². The number of oxazole rings is 1. The van der Waals surface area contributed by atoms with Crippen LogP contribution in [0.15, 0.2) is 22.6 Å². The molecule has 0 radical (unpaired) electrons. The molecule has 1 saturated heterocycles. The van der Waals surface area contributed by atoms with Crippen LogP contribution < -0.4 is 20.5 Å². The summed E-state index contributed by atoms with van der Waals surface area (Å²) in [5.41, 5.74) is 6.59. The van der Waals surface area contributed by atoms with Gasteiger partial charge in [-0.1, -0.05) is 0 Å². The molecule has 2 atom stereocenters. The first-order valence-corrected chi connectivity index (χ1v) is 11.9. The quantitative estimate of drug-likeness (QED) is 0.562. The number of nitrogens with two attached hydrogens (primary N) is 1. The molecule has 2 heterocycles. The van der Waals surface area contributed by atoms with Crippen LogP contribution in [0.3, 0.4) is 0 Å². The van der Waals surface area contributed by atoms with E-state index in [1.54, 1.807) is 23.8 Å². The largest absolute Gasteiger partial charge is 0.489 e. The Labute approximate surface area is 207 Å². The molecule has 4 rings (SSSR count). The Balaban J connectivity index is 1.59. The van der Waals surface area contributed by atoms with Crippen molar-refractivity contribution in [1.29, 1.82) is 0 Å². The number of hydrogen-bond donors (Lipinski definition) is 2. The first kappa shape index (κ1) is 25.7. The van der Waals surface area contributed by atoms with Crippen molar-refractivity contribution < 1.29 is 32.3 Å². The van der Waals surface area contributed by atoms with Crippen molar-refractivity contribution in [2.24, 2.45) is 11.7 Å². The molecule has 0 spiro atoms. The number of ether oxygens (including phenoxy) is 2. The maximum atomic E-state index is 13.4. The van der Waals surface area contributed by atoms with Crippen LogP contribution in [0.1, 0.15) is 49.0 Å². The summed E-state index contributed by atoms with van der Waals surface area (Å²) in [6.45, 7) is 1.96. The highest BCUT2D eigenvalue weighted by Gasteiger charge is 2.33. The summed E-state index contributed by atoms with van der Waals surface area (Å²) < 4.78 is 42.0. The number of piperazine rings is 1. The van der Waals surface area contributed by atoms with Crippen molar-refractivity contribution in [1.82, 2.24) is 20.1 Å². The lowest BCUT2D eigenvalue weighted by molar-refractivity contribution is -0.0515. The number of halogens is 2. The molecule has 196 valence electrons. The molecule has 1 aromatic carbocycles. The van der Waals surface area contributed by atoms with Crippen LogP contribution >= 0.6 is 0 Å². The number of aromatic nitrogens is 1. The van der Waals surface area contributed by atoms with E-state index < -0.39 is 12.7 Å². The van der Waals surface area contributed by atoms with E-state index in [1.165, 1.54) is 18.2 Å². The number of carbonyl (C=O) groups excluding carboxylic acids is 2. The van der Waals surface area contributed by atoms with Crippen molar-refractivity contribution in [2.45, 2.75) is 45.4 Å². The Bertz CT molecular complexity index is 1100. The van der Waals surface area contributed by atoms with Gasteiger partial charge in [-0.2, -0.15) is 8.78 Å². The van der Waals surface area contributed by atoms with Crippen LogP contribution in [-0.4, -0.2) is 72.7 Å². The lowest BCUT2D eigenvalue weighted by Crippen LogP contribution is -2.57. The molecule has 36 heavy (non-hydrogen) atoms. The summed E-state index contributed by atoms with van der Waals surface area (Å²) in [5, 5.41) is 2.60. The molecule has 2 aromatic rings. The van der Waals surface area contributed by atoms with Gasteiger partial charge in [-0.05, 0) is 50.8 Å². The molecule has 2 fully saturated rings. The molecule has 1 aliphatic heterocycles. The maximum absolute atomic E-state index is 13.4. The molecule has 10 nitrogen and oxygen atoms in total. The summed E-state index contributed by atoms with van der Waals surface area (Å²) in [4.78, 5) is 33.1.